The lowest BCUT2D eigenvalue weighted by Crippen LogP contribution is -2.36. The van der Waals surface area contributed by atoms with Crippen LogP contribution in [-0.4, -0.2) is 35.5 Å². The molecule has 1 heterocycles. The molecule has 176 valence electrons. The lowest BCUT2D eigenvalue weighted by Gasteiger charge is -2.23. The van der Waals surface area contributed by atoms with Crippen LogP contribution in [0, 0.1) is 20.8 Å². The molecule has 2 aromatic carbocycles. The summed E-state index contributed by atoms with van der Waals surface area (Å²) in [6, 6.07) is 14.6. The fraction of sp³-hybridized carbons (Fsp3) is 0.360. The Kier molecular flexibility index (Phi) is 8.41. The van der Waals surface area contributed by atoms with Gasteiger partial charge in [-0.25, -0.2) is 13.8 Å². The zero-order valence-corrected chi connectivity index (χ0v) is 20.4. The molecule has 7 nitrogen and oxygen atoms in total. The highest BCUT2D eigenvalue weighted by atomic mass is 32.2. The lowest BCUT2D eigenvalue weighted by molar-refractivity contribution is 0.178. The summed E-state index contributed by atoms with van der Waals surface area (Å²) in [6.45, 7) is 8.20. The molecule has 0 aliphatic carbocycles. The van der Waals surface area contributed by atoms with Gasteiger partial charge in [-0.3, -0.25) is 4.21 Å². The third-order valence-electron chi connectivity index (χ3n) is 5.62. The first kappa shape index (κ1) is 24.7. The number of aromatic nitrogens is 2. The van der Waals surface area contributed by atoms with Crippen LogP contribution in [0.4, 0.5) is 4.79 Å². The van der Waals surface area contributed by atoms with Crippen molar-refractivity contribution in [3.8, 4) is 11.4 Å². The van der Waals surface area contributed by atoms with Gasteiger partial charge in [0.25, 0.3) is 0 Å². The predicted octanol–water partition coefficient (Wildman–Crippen LogP) is 4.98. The maximum absolute atomic E-state index is 12.3. The van der Waals surface area contributed by atoms with E-state index in [0.717, 1.165) is 47.5 Å². The normalized spacial score (nSPS) is 11.9. The molecule has 0 aliphatic rings. The van der Waals surface area contributed by atoms with Crippen LogP contribution in [0.3, 0.4) is 0 Å². The molecule has 0 N–H and O–H groups in total. The SMILES string of the molecule is CCCCc1c(C)nn(-c2ccc(CCN(C(=O)Oc3ccc(C)cc3)S(=O)[O-])cc2)c1C. The number of carbonyl (C=O) groups is 1. The number of carbonyl (C=O) groups excluding carboxylic acids is 1. The number of benzene rings is 2. The van der Waals surface area contributed by atoms with Gasteiger partial charge in [0.05, 0.1) is 22.6 Å². The smallest absolute Gasteiger partial charge is 0.426 e. The minimum atomic E-state index is -2.73. The highest BCUT2D eigenvalue weighted by molar-refractivity contribution is 7.77. The van der Waals surface area contributed by atoms with Gasteiger partial charge < -0.3 is 9.29 Å². The topological polar surface area (TPSA) is 87.5 Å². The molecule has 0 saturated heterocycles. The Morgan fingerprint density at radius 2 is 1.73 bits per heavy atom. The van der Waals surface area contributed by atoms with E-state index in [1.54, 1.807) is 24.3 Å². The average molecular weight is 469 g/mol. The summed E-state index contributed by atoms with van der Waals surface area (Å²) in [4.78, 5) is 12.3. The van der Waals surface area contributed by atoms with Gasteiger partial charge in [-0.1, -0.05) is 43.2 Å². The van der Waals surface area contributed by atoms with Crippen molar-refractivity contribution in [3.05, 3.63) is 76.6 Å². The molecule has 0 bridgehead atoms. The van der Waals surface area contributed by atoms with Crippen molar-refractivity contribution in [2.24, 2.45) is 0 Å². The van der Waals surface area contributed by atoms with Gasteiger partial charge in [-0.15, -0.1) is 0 Å². The van der Waals surface area contributed by atoms with Gasteiger partial charge in [0, 0.05) is 12.2 Å². The van der Waals surface area contributed by atoms with Crippen molar-refractivity contribution >= 4 is 17.4 Å². The molecule has 0 aliphatic heterocycles. The van der Waals surface area contributed by atoms with E-state index >= 15 is 0 Å². The highest BCUT2D eigenvalue weighted by Crippen LogP contribution is 2.21. The summed E-state index contributed by atoms with van der Waals surface area (Å²) in [5.74, 6) is 0.300. The minimum absolute atomic E-state index is 0.0127. The van der Waals surface area contributed by atoms with Crippen molar-refractivity contribution in [1.29, 1.82) is 0 Å². The Balaban J connectivity index is 1.65. The summed E-state index contributed by atoms with van der Waals surface area (Å²) in [6.07, 6.45) is 2.74. The molecule has 0 radical (unpaired) electrons. The monoisotopic (exact) mass is 468 g/mol. The summed E-state index contributed by atoms with van der Waals surface area (Å²) >= 11 is -2.73. The number of unbranched alkanes of at least 4 members (excludes halogenated alkanes) is 1. The zero-order valence-electron chi connectivity index (χ0n) is 19.5. The first-order valence-corrected chi connectivity index (χ1v) is 12.1. The van der Waals surface area contributed by atoms with Crippen LogP contribution in [0.25, 0.3) is 5.69 Å². The van der Waals surface area contributed by atoms with E-state index in [9.17, 15) is 13.6 Å². The Morgan fingerprint density at radius 1 is 1.06 bits per heavy atom. The standard InChI is InChI=1S/C25H31N3O4S/c1-5-6-7-24-19(3)26-28(20(24)4)22-12-10-21(11-13-22)16-17-27(33(30)31)25(29)32-23-14-8-18(2)9-15-23/h8-15H,5-7,16-17H2,1-4H3,(H,30,31)/p-1. The van der Waals surface area contributed by atoms with E-state index < -0.39 is 17.4 Å². The van der Waals surface area contributed by atoms with Gasteiger partial charge in [0.2, 0.25) is 0 Å². The maximum atomic E-state index is 12.3. The van der Waals surface area contributed by atoms with Crippen molar-refractivity contribution in [1.82, 2.24) is 14.1 Å². The summed E-state index contributed by atoms with van der Waals surface area (Å²) < 4.78 is 31.0. The molecule has 1 aromatic heterocycles. The molecule has 33 heavy (non-hydrogen) atoms. The molecule has 3 rings (SSSR count). The van der Waals surface area contributed by atoms with Crippen LogP contribution >= 0.6 is 0 Å². The number of amides is 1. The van der Waals surface area contributed by atoms with Crippen LogP contribution in [0.1, 0.15) is 47.8 Å². The second kappa shape index (κ2) is 11.2. The number of hydrogen-bond donors (Lipinski definition) is 0. The van der Waals surface area contributed by atoms with Crippen LogP contribution in [-0.2, 0) is 24.1 Å². The van der Waals surface area contributed by atoms with Gasteiger partial charge in [-0.2, -0.15) is 5.10 Å². The second-order valence-electron chi connectivity index (χ2n) is 8.08. The Labute approximate surface area is 197 Å². The van der Waals surface area contributed by atoms with E-state index in [0.29, 0.717) is 16.5 Å². The van der Waals surface area contributed by atoms with E-state index in [4.69, 9.17) is 9.84 Å². The first-order chi connectivity index (χ1) is 15.8. The van der Waals surface area contributed by atoms with E-state index in [-0.39, 0.29) is 6.54 Å². The fourth-order valence-corrected chi connectivity index (χ4v) is 4.06. The number of hydrogen-bond acceptors (Lipinski definition) is 5. The average Bonchev–Trinajstić information content (AvgIpc) is 3.07. The molecule has 0 fully saturated rings. The van der Waals surface area contributed by atoms with Crippen LogP contribution in [0.2, 0.25) is 0 Å². The maximum Gasteiger partial charge on any atom is 0.426 e. The van der Waals surface area contributed by atoms with E-state index in [1.807, 2.05) is 42.8 Å². The molecule has 1 atom stereocenters. The van der Waals surface area contributed by atoms with Crippen LogP contribution in [0.15, 0.2) is 48.5 Å². The summed E-state index contributed by atoms with van der Waals surface area (Å²) in [5, 5.41) is 4.69. The molecule has 0 spiro atoms. The molecular formula is C25H30N3O4S-. The fourth-order valence-electron chi connectivity index (χ4n) is 3.66. The van der Waals surface area contributed by atoms with Crippen molar-refractivity contribution in [2.75, 3.05) is 6.54 Å². The largest absolute Gasteiger partial charge is 0.755 e. The Hall–Kier alpha value is -2.97. The first-order valence-electron chi connectivity index (χ1n) is 11.1. The van der Waals surface area contributed by atoms with E-state index in [2.05, 4.69) is 13.8 Å². The van der Waals surface area contributed by atoms with Crippen molar-refractivity contribution in [2.45, 2.75) is 53.4 Å². The second-order valence-corrected chi connectivity index (χ2v) is 8.96. The number of ether oxygens (including phenoxy) is 1. The van der Waals surface area contributed by atoms with Gasteiger partial charge in [0.15, 0.2) is 0 Å². The third kappa shape index (κ3) is 6.30. The highest BCUT2D eigenvalue weighted by Gasteiger charge is 2.17. The van der Waals surface area contributed by atoms with Crippen molar-refractivity contribution < 1.29 is 18.3 Å². The van der Waals surface area contributed by atoms with E-state index in [1.165, 1.54) is 5.56 Å². The van der Waals surface area contributed by atoms with Crippen molar-refractivity contribution in [3.63, 3.8) is 0 Å². The van der Waals surface area contributed by atoms with Crippen LogP contribution < -0.4 is 4.74 Å². The molecule has 0 saturated carbocycles. The van der Waals surface area contributed by atoms with Gasteiger partial charge in [0.1, 0.15) is 5.75 Å². The molecule has 8 heteroatoms. The molecular weight excluding hydrogens is 438 g/mol. The Morgan fingerprint density at radius 3 is 2.33 bits per heavy atom. The number of rotatable bonds is 9. The molecule has 1 unspecified atom stereocenters. The molecule has 1 amide bonds. The van der Waals surface area contributed by atoms with Gasteiger partial charge in [-0.05, 0) is 75.4 Å². The quantitative estimate of drug-likeness (QED) is 0.414. The summed E-state index contributed by atoms with van der Waals surface area (Å²) in [7, 11) is 0. The van der Waals surface area contributed by atoms with Crippen LogP contribution in [0.5, 0.6) is 5.75 Å². The zero-order chi connectivity index (χ0) is 24.0. The summed E-state index contributed by atoms with van der Waals surface area (Å²) in [5.41, 5.74) is 6.35. The lowest BCUT2D eigenvalue weighted by atomic mass is 10.1. The third-order valence-corrected chi connectivity index (χ3v) is 6.31. The minimum Gasteiger partial charge on any atom is -0.755 e. The molecule has 3 aromatic rings. The van der Waals surface area contributed by atoms with Gasteiger partial charge >= 0.3 is 6.09 Å². The number of nitrogens with zero attached hydrogens (tertiary/aromatic N) is 3. The predicted molar refractivity (Wildman–Crippen MR) is 128 cm³/mol. The number of aryl methyl sites for hydroxylation is 2. The Bertz CT molecular complexity index is 1110.